The van der Waals surface area contributed by atoms with E-state index in [4.69, 9.17) is 9.72 Å². The highest BCUT2D eigenvalue weighted by Gasteiger charge is 2.37. The standard InChI is InChI=1S/C24H28FN3O2/c1-24(2)17-27(15-18-6-8-20(25)9-7-18)16-19(23(24)29)14-21-4-3-5-22(26-21)28-10-12-30-13-11-28/h3-9,14H,10-13,15-17H2,1-2H3. The van der Waals surface area contributed by atoms with E-state index in [0.29, 0.717) is 32.8 Å². The number of pyridine rings is 1. The SMILES string of the molecule is CC1(C)CN(Cc2ccc(F)cc2)CC(=Cc2cccc(N3CCOCC3)n2)C1=O. The van der Waals surface area contributed by atoms with Gasteiger partial charge in [0.15, 0.2) is 5.78 Å². The second-order valence-corrected chi connectivity index (χ2v) is 8.67. The van der Waals surface area contributed by atoms with Crippen LogP contribution in [0.25, 0.3) is 6.08 Å². The van der Waals surface area contributed by atoms with Gasteiger partial charge in [0.2, 0.25) is 0 Å². The normalized spacial score (nSPS) is 21.2. The molecule has 2 aliphatic heterocycles. The van der Waals surface area contributed by atoms with Crippen molar-refractivity contribution in [2.45, 2.75) is 20.4 Å². The highest BCUT2D eigenvalue weighted by atomic mass is 19.1. The van der Waals surface area contributed by atoms with Gasteiger partial charge in [0.05, 0.1) is 18.9 Å². The summed E-state index contributed by atoms with van der Waals surface area (Å²) in [7, 11) is 0. The zero-order valence-electron chi connectivity index (χ0n) is 17.6. The van der Waals surface area contributed by atoms with Crippen molar-refractivity contribution in [3.63, 3.8) is 0 Å². The number of ketones is 1. The van der Waals surface area contributed by atoms with Crippen molar-refractivity contribution in [3.05, 3.63) is 65.1 Å². The lowest BCUT2D eigenvalue weighted by molar-refractivity contribution is -0.126. The van der Waals surface area contributed by atoms with Crippen LogP contribution in [0.1, 0.15) is 25.1 Å². The van der Waals surface area contributed by atoms with E-state index in [1.54, 1.807) is 12.1 Å². The number of likely N-dealkylation sites (tertiary alicyclic amines) is 1. The quantitative estimate of drug-likeness (QED) is 0.723. The first-order valence-electron chi connectivity index (χ1n) is 10.4. The first-order chi connectivity index (χ1) is 14.4. The predicted molar refractivity (Wildman–Crippen MR) is 116 cm³/mol. The number of morpholine rings is 1. The Hall–Kier alpha value is -2.57. The molecule has 0 spiro atoms. The average molecular weight is 410 g/mol. The molecular weight excluding hydrogens is 381 g/mol. The molecule has 30 heavy (non-hydrogen) atoms. The van der Waals surface area contributed by atoms with E-state index in [0.717, 1.165) is 35.7 Å². The number of benzene rings is 1. The Morgan fingerprint density at radius 2 is 1.87 bits per heavy atom. The average Bonchev–Trinajstić information content (AvgIpc) is 2.74. The number of Topliss-reactive ketones (excluding diaryl/α,β-unsaturated/α-hetero) is 1. The van der Waals surface area contributed by atoms with Crippen LogP contribution in [0.2, 0.25) is 0 Å². The number of piperidine rings is 1. The third-order valence-electron chi connectivity index (χ3n) is 5.65. The van der Waals surface area contributed by atoms with Crippen LogP contribution in [-0.4, -0.2) is 55.1 Å². The van der Waals surface area contributed by atoms with Crippen LogP contribution >= 0.6 is 0 Å². The molecule has 6 heteroatoms. The van der Waals surface area contributed by atoms with Crippen molar-refractivity contribution >= 4 is 17.7 Å². The van der Waals surface area contributed by atoms with E-state index >= 15 is 0 Å². The van der Waals surface area contributed by atoms with E-state index in [9.17, 15) is 9.18 Å². The Bertz CT molecular complexity index is 934. The number of carbonyl (C=O) groups excluding carboxylic acids is 1. The molecule has 0 radical (unpaired) electrons. The Labute approximate surface area is 177 Å². The van der Waals surface area contributed by atoms with Gasteiger partial charge in [-0.3, -0.25) is 9.69 Å². The second kappa shape index (κ2) is 8.66. The minimum Gasteiger partial charge on any atom is -0.378 e. The Kier molecular flexibility index (Phi) is 5.97. The molecule has 5 nitrogen and oxygen atoms in total. The summed E-state index contributed by atoms with van der Waals surface area (Å²) < 4.78 is 18.7. The van der Waals surface area contributed by atoms with Gasteiger partial charge in [-0.05, 0) is 35.9 Å². The third-order valence-corrected chi connectivity index (χ3v) is 5.65. The Balaban J connectivity index is 1.56. The molecule has 1 aromatic carbocycles. The van der Waals surface area contributed by atoms with Gasteiger partial charge in [-0.2, -0.15) is 0 Å². The lowest BCUT2D eigenvalue weighted by Crippen LogP contribution is -2.47. The van der Waals surface area contributed by atoms with Gasteiger partial charge >= 0.3 is 0 Å². The highest BCUT2D eigenvalue weighted by molar-refractivity contribution is 6.04. The number of rotatable bonds is 4. The van der Waals surface area contributed by atoms with Crippen LogP contribution in [0.4, 0.5) is 10.2 Å². The van der Waals surface area contributed by atoms with Gasteiger partial charge in [-0.25, -0.2) is 9.37 Å². The number of aromatic nitrogens is 1. The molecule has 0 atom stereocenters. The van der Waals surface area contributed by atoms with E-state index in [1.807, 2.05) is 38.1 Å². The van der Waals surface area contributed by atoms with Crippen LogP contribution in [0.3, 0.4) is 0 Å². The maximum absolute atomic E-state index is 13.2. The van der Waals surface area contributed by atoms with Crippen LogP contribution in [0.15, 0.2) is 48.0 Å². The predicted octanol–water partition coefficient (Wildman–Crippen LogP) is 3.55. The summed E-state index contributed by atoms with van der Waals surface area (Å²) in [6.45, 7) is 8.93. The summed E-state index contributed by atoms with van der Waals surface area (Å²) in [6.07, 6.45) is 1.92. The lowest BCUT2D eigenvalue weighted by Gasteiger charge is -2.38. The number of hydrogen-bond acceptors (Lipinski definition) is 5. The van der Waals surface area contributed by atoms with E-state index < -0.39 is 5.41 Å². The molecule has 0 bridgehead atoms. The molecule has 2 aromatic rings. The van der Waals surface area contributed by atoms with E-state index in [1.165, 1.54) is 12.1 Å². The molecule has 4 rings (SSSR count). The molecule has 0 aliphatic carbocycles. The number of anilines is 1. The zero-order valence-corrected chi connectivity index (χ0v) is 17.6. The zero-order chi connectivity index (χ0) is 21.1. The van der Waals surface area contributed by atoms with Gasteiger partial charge in [0.25, 0.3) is 0 Å². The smallest absolute Gasteiger partial charge is 0.167 e. The third kappa shape index (κ3) is 4.77. The molecule has 2 aliphatic rings. The van der Waals surface area contributed by atoms with Crippen molar-refractivity contribution in [2.24, 2.45) is 5.41 Å². The number of halogens is 1. The fourth-order valence-electron chi connectivity index (χ4n) is 4.17. The molecule has 2 fully saturated rings. The summed E-state index contributed by atoms with van der Waals surface area (Å²) in [6, 6.07) is 12.5. The Morgan fingerprint density at radius 1 is 1.13 bits per heavy atom. The number of hydrogen-bond donors (Lipinski definition) is 0. The summed E-state index contributed by atoms with van der Waals surface area (Å²) >= 11 is 0. The second-order valence-electron chi connectivity index (χ2n) is 8.67. The summed E-state index contributed by atoms with van der Waals surface area (Å²) in [5, 5.41) is 0. The topological polar surface area (TPSA) is 45.7 Å². The van der Waals surface area contributed by atoms with E-state index in [2.05, 4.69) is 9.80 Å². The summed E-state index contributed by atoms with van der Waals surface area (Å²) in [5.41, 5.74) is 2.11. The molecule has 0 N–H and O–H groups in total. The van der Waals surface area contributed by atoms with Gasteiger partial charge in [0.1, 0.15) is 11.6 Å². The number of nitrogens with zero attached hydrogens (tertiary/aromatic N) is 3. The van der Waals surface area contributed by atoms with Crippen LogP contribution in [-0.2, 0) is 16.1 Å². The van der Waals surface area contributed by atoms with Crippen molar-refractivity contribution in [2.75, 3.05) is 44.3 Å². The molecule has 0 amide bonds. The number of ether oxygens (including phenoxy) is 1. The van der Waals surface area contributed by atoms with Crippen molar-refractivity contribution in [3.8, 4) is 0 Å². The number of carbonyl (C=O) groups is 1. The van der Waals surface area contributed by atoms with Gasteiger partial charge < -0.3 is 9.64 Å². The highest BCUT2D eigenvalue weighted by Crippen LogP contribution is 2.30. The molecule has 3 heterocycles. The first-order valence-corrected chi connectivity index (χ1v) is 10.4. The van der Waals surface area contributed by atoms with Gasteiger partial charge in [-0.1, -0.05) is 32.0 Å². The molecule has 0 saturated carbocycles. The molecular formula is C24H28FN3O2. The van der Waals surface area contributed by atoms with Crippen molar-refractivity contribution in [1.82, 2.24) is 9.88 Å². The summed E-state index contributed by atoms with van der Waals surface area (Å²) in [5.74, 6) is 0.842. The minimum absolute atomic E-state index is 0.163. The maximum Gasteiger partial charge on any atom is 0.167 e. The van der Waals surface area contributed by atoms with Gasteiger partial charge in [0, 0.05) is 43.7 Å². The Morgan fingerprint density at radius 3 is 2.60 bits per heavy atom. The van der Waals surface area contributed by atoms with Crippen LogP contribution in [0, 0.1) is 11.2 Å². The van der Waals surface area contributed by atoms with Crippen LogP contribution < -0.4 is 4.90 Å². The molecule has 1 aromatic heterocycles. The lowest BCUT2D eigenvalue weighted by atomic mass is 9.79. The van der Waals surface area contributed by atoms with E-state index in [-0.39, 0.29) is 11.6 Å². The molecule has 0 unspecified atom stereocenters. The first kappa shape index (κ1) is 20.7. The fourth-order valence-corrected chi connectivity index (χ4v) is 4.17. The minimum atomic E-state index is -0.480. The molecule has 2 saturated heterocycles. The maximum atomic E-state index is 13.2. The fraction of sp³-hybridized carbons (Fsp3) is 0.417. The summed E-state index contributed by atoms with van der Waals surface area (Å²) in [4.78, 5) is 22.3. The monoisotopic (exact) mass is 409 g/mol. The van der Waals surface area contributed by atoms with Gasteiger partial charge in [-0.15, -0.1) is 0 Å². The largest absolute Gasteiger partial charge is 0.378 e. The van der Waals surface area contributed by atoms with Crippen molar-refractivity contribution in [1.29, 1.82) is 0 Å². The molecule has 158 valence electrons. The van der Waals surface area contributed by atoms with Crippen LogP contribution in [0.5, 0.6) is 0 Å². The van der Waals surface area contributed by atoms with Crippen molar-refractivity contribution < 1.29 is 13.9 Å².